The molecule has 0 spiro atoms. The number of alkyl halides is 5. The Morgan fingerprint density at radius 2 is 1.52 bits per heavy atom. The van der Waals surface area contributed by atoms with E-state index in [0.717, 1.165) is 5.32 Å². The van der Waals surface area contributed by atoms with Gasteiger partial charge in [-0.15, -0.1) is 0 Å². The van der Waals surface area contributed by atoms with Crippen molar-refractivity contribution in [1.82, 2.24) is 16.0 Å². The summed E-state index contributed by atoms with van der Waals surface area (Å²) in [7, 11) is 1.38. The lowest BCUT2D eigenvalue weighted by Crippen LogP contribution is -2.52. The minimum absolute atomic E-state index is 0.151. The lowest BCUT2D eigenvalue weighted by molar-refractivity contribution is -0.167. The van der Waals surface area contributed by atoms with E-state index in [0.29, 0.717) is 5.75 Å². The van der Waals surface area contributed by atoms with Crippen molar-refractivity contribution in [3.63, 3.8) is 0 Å². The molecule has 15 heteroatoms. The Morgan fingerprint density at radius 1 is 0.909 bits per heavy atom. The summed E-state index contributed by atoms with van der Waals surface area (Å²) in [6, 6.07) is 8.89. The molecule has 0 saturated carbocycles. The molecule has 0 saturated heterocycles. The zero-order valence-electron chi connectivity index (χ0n) is 24.1. The van der Waals surface area contributed by atoms with E-state index in [-0.39, 0.29) is 16.1 Å². The number of carbonyl (C=O) groups is 5. The third-order valence-corrected chi connectivity index (χ3v) is 6.73. The van der Waals surface area contributed by atoms with Crippen LogP contribution in [0.4, 0.5) is 22.0 Å². The predicted octanol–water partition coefficient (Wildman–Crippen LogP) is 4.44. The van der Waals surface area contributed by atoms with E-state index in [1.54, 1.807) is 6.07 Å². The molecule has 0 aliphatic heterocycles. The van der Waals surface area contributed by atoms with Gasteiger partial charge in [0, 0.05) is 22.9 Å². The molecule has 0 heterocycles. The van der Waals surface area contributed by atoms with Crippen LogP contribution in [-0.2, 0) is 19.2 Å². The van der Waals surface area contributed by atoms with Gasteiger partial charge in [-0.3, -0.25) is 24.0 Å². The van der Waals surface area contributed by atoms with E-state index < -0.39 is 78.3 Å². The summed E-state index contributed by atoms with van der Waals surface area (Å²) in [6.45, 7) is 1.87. The summed E-state index contributed by atoms with van der Waals surface area (Å²) in [6.07, 6.45) is -5.91. The van der Waals surface area contributed by atoms with Crippen LogP contribution in [0.15, 0.2) is 48.5 Å². The van der Waals surface area contributed by atoms with Crippen LogP contribution in [0.25, 0.3) is 0 Å². The normalized spacial score (nSPS) is 13.8. The Bertz CT molecular complexity index is 1370. The number of hydrogen-bond donors (Lipinski definition) is 3. The third kappa shape index (κ3) is 10.00. The van der Waals surface area contributed by atoms with Crippen molar-refractivity contribution in [3.8, 4) is 5.75 Å². The van der Waals surface area contributed by atoms with Crippen LogP contribution in [0.5, 0.6) is 5.75 Å². The number of methoxy groups -OCH3 is 1. The maximum atomic E-state index is 14.7. The van der Waals surface area contributed by atoms with Crippen molar-refractivity contribution < 1.29 is 50.7 Å². The number of ether oxygens (including phenoxy) is 1. The monoisotopic (exact) mass is 647 g/mol. The smallest absolute Gasteiger partial charge is 0.405 e. The molecule has 3 atom stereocenters. The number of halogens is 6. The van der Waals surface area contributed by atoms with Gasteiger partial charge in [-0.25, -0.2) is 0 Å². The second-order valence-electron chi connectivity index (χ2n) is 10.2. The van der Waals surface area contributed by atoms with E-state index in [2.05, 4.69) is 10.6 Å². The number of amides is 3. The van der Waals surface area contributed by atoms with E-state index in [1.165, 1.54) is 70.3 Å². The summed E-state index contributed by atoms with van der Waals surface area (Å²) in [5.41, 5.74) is 0.320. The summed E-state index contributed by atoms with van der Waals surface area (Å²) in [4.78, 5) is 63.8. The maximum absolute atomic E-state index is 14.7. The van der Waals surface area contributed by atoms with Gasteiger partial charge in [0.2, 0.25) is 11.7 Å². The molecule has 0 unspecified atom stereocenters. The van der Waals surface area contributed by atoms with Gasteiger partial charge in [-0.1, -0.05) is 43.6 Å². The van der Waals surface area contributed by atoms with Crippen molar-refractivity contribution in [2.24, 2.45) is 11.8 Å². The molecule has 0 bridgehead atoms. The molecule has 3 N–H and O–H groups in total. The Labute approximate surface area is 254 Å². The minimum atomic E-state index is -5.00. The molecule has 0 aliphatic carbocycles. The van der Waals surface area contributed by atoms with Crippen molar-refractivity contribution in [2.75, 3.05) is 13.7 Å². The van der Waals surface area contributed by atoms with Gasteiger partial charge in [0.05, 0.1) is 7.11 Å². The van der Waals surface area contributed by atoms with Gasteiger partial charge in [0.15, 0.2) is 5.78 Å². The van der Waals surface area contributed by atoms with Crippen LogP contribution < -0.4 is 20.7 Å². The topological polar surface area (TPSA) is 131 Å². The van der Waals surface area contributed by atoms with Gasteiger partial charge in [0.1, 0.15) is 24.4 Å². The lowest BCUT2D eigenvalue weighted by atomic mass is 9.82. The van der Waals surface area contributed by atoms with Crippen LogP contribution in [0, 0.1) is 11.8 Å². The van der Waals surface area contributed by atoms with Crippen LogP contribution in [0.1, 0.15) is 49.2 Å². The number of hydrogen-bond acceptors (Lipinski definition) is 6. The second-order valence-corrected chi connectivity index (χ2v) is 10.6. The first-order valence-electron chi connectivity index (χ1n) is 13.2. The number of ketones is 2. The van der Waals surface area contributed by atoms with E-state index in [1.807, 2.05) is 0 Å². The zero-order chi connectivity index (χ0) is 33.4. The van der Waals surface area contributed by atoms with Crippen molar-refractivity contribution in [3.05, 3.63) is 64.7 Å². The number of Topliss-reactive ketones (excluding diaryl/α,β-unsaturated/α-hetero) is 2. The molecular formula is C29H31ClF5N3O6. The fourth-order valence-electron chi connectivity index (χ4n) is 3.99. The van der Waals surface area contributed by atoms with E-state index in [9.17, 15) is 45.9 Å². The summed E-state index contributed by atoms with van der Waals surface area (Å²) >= 11 is 5.90. The number of rotatable bonds is 14. The average molecular weight is 648 g/mol. The van der Waals surface area contributed by atoms with Crippen molar-refractivity contribution >= 4 is 40.9 Å². The molecule has 240 valence electrons. The molecule has 44 heavy (non-hydrogen) atoms. The number of nitrogens with one attached hydrogen (secondary N) is 3. The van der Waals surface area contributed by atoms with Crippen LogP contribution >= 0.6 is 11.6 Å². The van der Waals surface area contributed by atoms with Gasteiger partial charge in [-0.2, -0.15) is 22.0 Å². The maximum Gasteiger partial charge on any atom is 0.405 e. The first kappa shape index (κ1) is 36.1. The van der Waals surface area contributed by atoms with Crippen LogP contribution in [0.3, 0.4) is 0 Å². The summed E-state index contributed by atoms with van der Waals surface area (Å²) < 4.78 is 71.8. The Hall–Kier alpha value is -4.07. The quantitative estimate of drug-likeness (QED) is 0.205. The highest BCUT2D eigenvalue weighted by Gasteiger charge is 2.51. The summed E-state index contributed by atoms with van der Waals surface area (Å²) in [5, 5.41) is 6.16. The molecule has 3 amide bonds. The molecule has 0 fully saturated rings. The van der Waals surface area contributed by atoms with Crippen LogP contribution in [0.2, 0.25) is 5.02 Å². The average Bonchev–Trinajstić information content (AvgIpc) is 2.96. The molecule has 0 aromatic heterocycles. The Morgan fingerprint density at radius 3 is 2.05 bits per heavy atom. The molecule has 0 radical (unpaired) electrons. The largest absolute Gasteiger partial charge is 0.497 e. The Kier molecular flexibility index (Phi) is 12.4. The number of carbonyl (C=O) groups excluding carboxylic acids is 5. The molecule has 2 aromatic rings. The predicted molar refractivity (Wildman–Crippen MR) is 149 cm³/mol. The number of benzene rings is 2. The lowest BCUT2D eigenvalue weighted by Gasteiger charge is -2.27. The first-order chi connectivity index (χ1) is 20.4. The highest BCUT2D eigenvalue weighted by molar-refractivity contribution is 6.31. The van der Waals surface area contributed by atoms with Crippen molar-refractivity contribution in [1.29, 1.82) is 0 Å². The fourth-order valence-corrected chi connectivity index (χ4v) is 4.18. The molecule has 9 nitrogen and oxygen atoms in total. The summed E-state index contributed by atoms with van der Waals surface area (Å²) in [5.74, 6) is -14.2. The molecule has 0 aliphatic rings. The van der Waals surface area contributed by atoms with E-state index in [4.69, 9.17) is 16.3 Å². The SMILES string of the molecule is COc1ccc([C@H](NC(=O)[C@H](C)NC(=O)c2cccc(Cl)c2)C(=O)C[C@H](C(=O)C(F)(F)C(=O)NCC(F)(F)F)C(C)C)cc1. The fraction of sp³-hybridized carbons (Fsp3) is 0.414. The zero-order valence-corrected chi connectivity index (χ0v) is 24.8. The minimum Gasteiger partial charge on any atom is -0.497 e. The highest BCUT2D eigenvalue weighted by Crippen LogP contribution is 2.30. The first-order valence-corrected chi connectivity index (χ1v) is 13.6. The second kappa shape index (κ2) is 15.1. The molecule has 2 aromatic carbocycles. The molecular weight excluding hydrogens is 617 g/mol. The van der Waals surface area contributed by atoms with Gasteiger partial charge in [-0.05, 0) is 48.7 Å². The standard InChI is InChI=1S/C29H31ClF5N3O6/c1-15(2)21(24(40)29(34,35)27(43)36-14-28(31,32)33)13-22(39)23(17-8-10-20(44-4)11-9-17)38-25(41)16(3)37-26(42)18-6-5-7-19(30)12-18/h5-12,15-16,21,23H,13-14H2,1-4H3,(H,36,43)(H,37,42)(H,38,41)/t16-,21-,23-/m0/s1. The Balaban J connectivity index is 2.31. The molecule has 2 rings (SSSR count). The van der Waals surface area contributed by atoms with Gasteiger partial charge in [0.25, 0.3) is 11.8 Å². The highest BCUT2D eigenvalue weighted by atomic mass is 35.5. The third-order valence-electron chi connectivity index (χ3n) is 6.49. The van der Waals surface area contributed by atoms with E-state index >= 15 is 0 Å². The van der Waals surface area contributed by atoms with Gasteiger partial charge >= 0.3 is 12.1 Å². The van der Waals surface area contributed by atoms with Gasteiger partial charge < -0.3 is 20.7 Å². The van der Waals surface area contributed by atoms with Crippen molar-refractivity contribution in [2.45, 2.75) is 51.4 Å². The van der Waals surface area contributed by atoms with Crippen LogP contribution in [-0.4, -0.2) is 61.1 Å².